The molecule has 1 N–H and O–H groups in total. The number of hydrogen-bond acceptors (Lipinski definition) is 8. The highest BCUT2D eigenvalue weighted by atomic mass is 16.6. The van der Waals surface area contributed by atoms with Crippen molar-refractivity contribution in [3.05, 3.63) is 95.6 Å². The van der Waals surface area contributed by atoms with Crippen LogP contribution in [0.5, 0.6) is 0 Å². The van der Waals surface area contributed by atoms with Crippen LogP contribution in [-0.2, 0) is 39.9 Å². The van der Waals surface area contributed by atoms with Crippen molar-refractivity contribution in [3.8, 4) is 11.1 Å². The van der Waals surface area contributed by atoms with Gasteiger partial charge in [-0.2, -0.15) is 0 Å². The third-order valence-corrected chi connectivity index (χ3v) is 11.3. The number of benzene rings is 3. The van der Waals surface area contributed by atoms with E-state index in [0.717, 1.165) is 47.1 Å². The SMILES string of the molecule is CCCCCCCCCCCCCCCCCC(=O)OCC(C)(COC(=O)[C@@H](NC(=O)OCC1c2ccccc2-c2ccccc21)C(C)C)C(=O)OCc1ccccc1. The van der Waals surface area contributed by atoms with Gasteiger partial charge in [0.2, 0.25) is 0 Å². The van der Waals surface area contributed by atoms with Crippen molar-refractivity contribution >= 4 is 24.0 Å². The molecule has 1 aliphatic carbocycles. The Morgan fingerprint density at radius 1 is 0.610 bits per heavy atom. The lowest BCUT2D eigenvalue weighted by Gasteiger charge is -2.28. The minimum atomic E-state index is -1.49. The zero-order valence-electron chi connectivity index (χ0n) is 36.1. The number of carbonyl (C=O) groups is 4. The van der Waals surface area contributed by atoms with Crippen molar-refractivity contribution in [2.45, 2.75) is 149 Å². The zero-order chi connectivity index (χ0) is 42.3. The summed E-state index contributed by atoms with van der Waals surface area (Å²) in [5.74, 6) is -2.31. The van der Waals surface area contributed by atoms with Gasteiger partial charge in [0.15, 0.2) is 0 Å². The van der Waals surface area contributed by atoms with E-state index in [0.29, 0.717) is 6.42 Å². The van der Waals surface area contributed by atoms with Gasteiger partial charge in [0.25, 0.3) is 0 Å². The summed E-state index contributed by atoms with van der Waals surface area (Å²) in [4.78, 5) is 53.0. The fourth-order valence-electron chi connectivity index (χ4n) is 7.59. The summed E-state index contributed by atoms with van der Waals surface area (Å²) in [6, 6.07) is 24.3. The van der Waals surface area contributed by atoms with E-state index in [2.05, 4.69) is 24.4 Å². The molecule has 1 aliphatic rings. The Hall–Kier alpha value is -4.66. The van der Waals surface area contributed by atoms with E-state index in [-0.39, 0.29) is 38.1 Å². The van der Waals surface area contributed by atoms with E-state index in [4.69, 9.17) is 18.9 Å². The number of fused-ring (bicyclic) bond motifs is 3. The molecule has 2 atom stereocenters. The molecule has 9 heteroatoms. The van der Waals surface area contributed by atoms with Crippen LogP contribution in [0.1, 0.15) is 153 Å². The monoisotopic (exact) mass is 812 g/mol. The average molecular weight is 812 g/mol. The molecule has 1 unspecified atom stereocenters. The van der Waals surface area contributed by atoms with Gasteiger partial charge >= 0.3 is 24.0 Å². The van der Waals surface area contributed by atoms with Crippen LogP contribution < -0.4 is 5.32 Å². The van der Waals surface area contributed by atoms with Gasteiger partial charge in [-0.25, -0.2) is 9.59 Å². The quantitative estimate of drug-likeness (QED) is 0.0438. The fourth-order valence-corrected chi connectivity index (χ4v) is 7.59. The molecule has 0 radical (unpaired) electrons. The Bertz CT molecular complexity index is 1680. The van der Waals surface area contributed by atoms with E-state index in [1.165, 1.54) is 70.6 Å². The summed E-state index contributed by atoms with van der Waals surface area (Å²) in [6.07, 6.45) is 18.0. The van der Waals surface area contributed by atoms with Gasteiger partial charge in [-0.15, -0.1) is 0 Å². The van der Waals surface area contributed by atoms with E-state index < -0.39 is 42.1 Å². The first-order valence-corrected chi connectivity index (χ1v) is 22.3. The second-order valence-corrected chi connectivity index (χ2v) is 16.8. The highest BCUT2D eigenvalue weighted by Gasteiger charge is 2.40. The molecule has 9 nitrogen and oxygen atoms in total. The van der Waals surface area contributed by atoms with Crippen LogP contribution in [0.4, 0.5) is 4.79 Å². The molecule has 322 valence electrons. The third kappa shape index (κ3) is 15.8. The van der Waals surface area contributed by atoms with Crippen LogP contribution >= 0.6 is 0 Å². The molecule has 0 aliphatic heterocycles. The Morgan fingerprint density at radius 3 is 1.64 bits per heavy atom. The van der Waals surface area contributed by atoms with Crippen LogP contribution in [0, 0.1) is 11.3 Å². The minimum Gasteiger partial charge on any atom is -0.464 e. The standard InChI is InChI=1S/C50H69NO8/c1-5-6-7-8-9-10-11-12-13-14-15-16-17-18-22-33-45(52)58-36-50(4,48(54)56-34-39-27-20-19-21-28-39)37-59-47(53)46(38(2)3)51-49(55)57-35-44-42-31-25-23-29-40(42)41-30-24-26-32-43(41)44/h19-21,23-32,38,44,46H,5-18,22,33-37H2,1-4H3,(H,51,55)/t46-,50?/m0/s1. The number of carbonyl (C=O) groups excluding carboxylic acids is 4. The summed E-state index contributed by atoms with van der Waals surface area (Å²) in [5.41, 5.74) is 3.69. The van der Waals surface area contributed by atoms with Gasteiger partial charge in [0.05, 0.1) is 0 Å². The zero-order valence-corrected chi connectivity index (χ0v) is 36.1. The van der Waals surface area contributed by atoms with Crippen LogP contribution in [0.3, 0.4) is 0 Å². The summed E-state index contributed by atoms with van der Waals surface area (Å²) in [7, 11) is 0. The normalized spacial score (nSPS) is 13.5. The molecule has 0 fully saturated rings. The number of amides is 1. The molecule has 0 heterocycles. The second-order valence-electron chi connectivity index (χ2n) is 16.8. The summed E-state index contributed by atoms with van der Waals surface area (Å²) in [5, 5.41) is 2.67. The van der Waals surface area contributed by atoms with Crippen molar-refractivity contribution < 1.29 is 38.1 Å². The lowest BCUT2D eigenvalue weighted by atomic mass is 9.93. The maximum Gasteiger partial charge on any atom is 0.407 e. The van der Waals surface area contributed by atoms with Crippen LogP contribution in [0.25, 0.3) is 11.1 Å². The average Bonchev–Trinajstić information content (AvgIpc) is 3.57. The lowest BCUT2D eigenvalue weighted by Crippen LogP contribution is -2.48. The van der Waals surface area contributed by atoms with E-state index >= 15 is 0 Å². The second kappa shape index (κ2) is 25.7. The van der Waals surface area contributed by atoms with E-state index in [1.807, 2.05) is 66.7 Å². The number of hydrogen-bond donors (Lipinski definition) is 1. The maximum atomic E-state index is 13.5. The highest BCUT2D eigenvalue weighted by molar-refractivity contribution is 5.83. The van der Waals surface area contributed by atoms with Crippen molar-refractivity contribution in [1.82, 2.24) is 5.32 Å². The Labute approximate surface area is 353 Å². The molecule has 3 aromatic rings. The molecule has 0 saturated carbocycles. The molecule has 3 aromatic carbocycles. The van der Waals surface area contributed by atoms with Crippen molar-refractivity contribution in [2.24, 2.45) is 11.3 Å². The summed E-state index contributed by atoms with van der Waals surface area (Å²) >= 11 is 0. The Balaban J connectivity index is 1.22. The third-order valence-electron chi connectivity index (χ3n) is 11.3. The Kier molecular flexibility index (Phi) is 20.5. The number of esters is 3. The molecule has 0 spiro atoms. The number of unbranched alkanes of at least 4 members (excludes halogenated alkanes) is 14. The molecular formula is C50H69NO8. The predicted molar refractivity (Wildman–Crippen MR) is 233 cm³/mol. The van der Waals surface area contributed by atoms with Gasteiger partial charge in [-0.1, -0.05) is 190 Å². The van der Waals surface area contributed by atoms with Crippen molar-refractivity contribution in [1.29, 1.82) is 0 Å². The number of rotatable bonds is 28. The van der Waals surface area contributed by atoms with Gasteiger partial charge < -0.3 is 24.3 Å². The topological polar surface area (TPSA) is 117 Å². The molecular weight excluding hydrogens is 743 g/mol. The fraction of sp³-hybridized carbons (Fsp3) is 0.560. The summed E-state index contributed by atoms with van der Waals surface area (Å²) < 4.78 is 22.6. The number of alkyl carbamates (subject to hydrolysis) is 1. The first kappa shape index (κ1) is 47.0. The maximum absolute atomic E-state index is 13.5. The van der Waals surface area contributed by atoms with Gasteiger partial charge in [0.1, 0.15) is 37.9 Å². The number of ether oxygens (including phenoxy) is 4. The molecule has 59 heavy (non-hydrogen) atoms. The van der Waals surface area contributed by atoms with Crippen LogP contribution in [-0.4, -0.2) is 49.9 Å². The summed E-state index contributed by atoms with van der Waals surface area (Å²) in [6.45, 7) is 6.74. The van der Waals surface area contributed by atoms with E-state index in [1.54, 1.807) is 20.8 Å². The predicted octanol–water partition coefficient (Wildman–Crippen LogP) is 11.6. The number of nitrogens with one attached hydrogen (secondary N) is 1. The minimum absolute atomic E-state index is 0.00817. The first-order valence-electron chi connectivity index (χ1n) is 22.3. The van der Waals surface area contributed by atoms with Crippen LogP contribution in [0.15, 0.2) is 78.9 Å². The van der Waals surface area contributed by atoms with Crippen LogP contribution in [0.2, 0.25) is 0 Å². The van der Waals surface area contributed by atoms with Gasteiger partial charge in [0, 0.05) is 12.3 Å². The molecule has 0 saturated heterocycles. The molecule has 4 rings (SSSR count). The molecule has 1 amide bonds. The highest BCUT2D eigenvalue weighted by Crippen LogP contribution is 2.44. The Morgan fingerprint density at radius 2 is 1.10 bits per heavy atom. The molecule has 0 bridgehead atoms. The van der Waals surface area contributed by atoms with E-state index in [9.17, 15) is 19.2 Å². The van der Waals surface area contributed by atoms with Crippen molar-refractivity contribution in [2.75, 3.05) is 19.8 Å². The first-order chi connectivity index (χ1) is 28.6. The smallest absolute Gasteiger partial charge is 0.407 e. The molecule has 0 aromatic heterocycles. The largest absolute Gasteiger partial charge is 0.464 e. The van der Waals surface area contributed by atoms with Crippen molar-refractivity contribution in [3.63, 3.8) is 0 Å². The van der Waals surface area contributed by atoms with Gasteiger partial charge in [-0.3, -0.25) is 9.59 Å². The lowest BCUT2D eigenvalue weighted by molar-refractivity contribution is -0.172. The van der Waals surface area contributed by atoms with Gasteiger partial charge in [-0.05, 0) is 47.1 Å².